The number of hydrogen-bond donors (Lipinski definition) is 1. The first-order valence-electron chi connectivity index (χ1n) is 11.7. The summed E-state index contributed by atoms with van der Waals surface area (Å²) < 4.78 is 12.7. The van der Waals surface area contributed by atoms with E-state index in [9.17, 15) is 4.79 Å². The van der Waals surface area contributed by atoms with E-state index in [1.807, 2.05) is 56.5 Å². The maximum atomic E-state index is 12.8. The van der Waals surface area contributed by atoms with Gasteiger partial charge in [0.2, 0.25) is 5.91 Å². The number of ether oxygens (including phenoxy) is 2. The van der Waals surface area contributed by atoms with Crippen LogP contribution in [0.3, 0.4) is 0 Å². The molecule has 182 valence electrons. The Balaban J connectivity index is 1.59. The third-order valence-electron chi connectivity index (χ3n) is 6.39. The molecule has 2 aromatic heterocycles. The van der Waals surface area contributed by atoms with Gasteiger partial charge in [-0.05, 0) is 69.9 Å². The number of aryl methyl sites for hydroxylation is 5. The molecule has 0 radical (unpaired) electrons. The fourth-order valence-electron chi connectivity index (χ4n) is 4.65. The summed E-state index contributed by atoms with van der Waals surface area (Å²) in [6.07, 6.45) is 0.944. The van der Waals surface area contributed by atoms with E-state index in [1.165, 1.54) is 5.56 Å². The van der Waals surface area contributed by atoms with Crippen LogP contribution >= 0.6 is 0 Å². The fraction of sp³-hybridized carbons (Fsp3) is 0.321. The number of nitrogens with zero attached hydrogens (tertiary/aromatic N) is 3. The van der Waals surface area contributed by atoms with Crippen molar-refractivity contribution in [2.45, 2.75) is 47.5 Å². The van der Waals surface area contributed by atoms with Gasteiger partial charge >= 0.3 is 0 Å². The Morgan fingerprint density at radius 2 is 1.69 bits per heavy atom. The van der Waals surface area contributed by atoms with E-state index in [2.05, 4.69) is 24.4 Å². The van der Waals surface area contributed by atoms with Gasteiger partial charge in [-0.15, -0.1) is 0 Å². The zero-order chi connectivity index (χ0) is 25.3. The van der Waals surface area contributed by atoms with Gasteiger partial charge in [-0.3, -0.25) is 4.79 Å². The lowest BCUT2D eigenvalue weighted by molar-refractivity contribution is -0.116. The summed E-state index contributed by atoms with van der Waals surface area (Å²) >= 11 is 0. The Morgan fingerprint density at radius 1 is 0.971 bits per heavy atom. The standard InChI is InChI=1S/C28H32N4O3/c1-16-12-17(2)28(18(3)13-16)30-27(33)11-10-22-19(4)29-26-15-24(31-32(26)20(22)5)23-9-8-21(34-6)14-25(23)35-7/h8-9,12-15H,10-11H2,1-7H3,(H,30,33). The number of methoxy groups -OCH3 is 2. The lowest BCUT2D eigenvalue weighted by atomic mass is 10.0. The predicted molar refractivity (Wildman–Crippen MR) is 139 cm³/mol. The van der Waals surface area contributed by atoms with Crippen LogP contribution in [-0.2, 0) is 11.2 Å². The van der Waals surface area contributed by atoms with Crippen molar-refractivity contribution >= 4 is 17.2 Å². The number of benzene rings is 2. The van der Waals surface area contributed by atoms with Gasteiger partial charge in [-0.2, -0.15) is 5.10 Å². The SMILES string of the molecule is COc1ccc(-c2cc3nc(C)c(CCC(=O)Nc4c(C)cc(C)cc4C)c(C)n3n2)c(OC)c1. The van der Waals surface area contributed by atoms with Crippen molar-refractivity contribution in [1.29, 1.82) is 0 Å². The minimum absolute atomic E-state index is 0.0110. The molecule has 0 bridgehead atoms. The van der Waals surface area contributed by atoms with Crippen LogP contribution in [0.4, 0.5) is 5.69 Å². The smallest absolute Gasteiger partial charge is 0.224 e. The van der Waals surface area contributed by atoms with Gasteiger partial charge in [0.1, 0.15) is 11.5 Å². The number of hydrogen-bond acceptors (Lipinski definition) is 5. The van der Waals surface area contributed by atoms with Crippen molar-refractivity contribution in [2.75, 3.05) is 19.5 Å². The first-order valence-corrected chi connectivity index (χ1v) is 11.7. The number of carbonyl (C=O) groups excluding carboxylic acids is 1. The molecule has 1 amide bonds. The zero-order valence-corrected chi connectivity index (χ0v) is 21.4. The van der Waals surface area contributed by atoms with E-state index in [0.717, 1.165) is 56.4 Å². The van der Waals surface area contributed by atoms with Crippen molar-refractivity contribution in [3.63, 3.8) is 0 Å². The van der Waals surface area contributed by atoms with Gasteiger partial charge in [-0.25, -0.2) is 9.50 Å². The molecule has 1 N–H and O–H groups in total. The zero-order valence-electron chi connectivity index (χ0n) is 21.4. The summed E-state index contributed by atoms with van der Waals surface area (Å²) in [6.45, 7) is 10.1. The van der Waals surface area contributed by atoms with Crippen molar-refractivity contribution < 1.29 is 14.3 Å². The number of anilines is 1. The van der Waals surface area contributed by atoms with Gasteiger partial charge in [0.25, 0.3) is 0 Å². The molecule has 0 fully saturated rings. The minimum atomic E-state index is -0.0110. The van der Waals surface area contributed by atoms with Gasteiger partial charge in [-0.1, -0.05) is 17.7 Å². The summed E-state index contributed by atoms with van der Waals surface area (Å²) in [4.78, 5) is 17.6. The van der Waals surface area contributed by atoms with E-state index in [-0.39, 0.29) is 5.91 Å². The molecule has 0 unspecified atom stereocenters. The second-order valence-electron chi connectivity index (χ2n) is 8.95. The molecule has 4 aromatic rings. The highest BCUT2D eigenvalue weighted by atomic mass is 16.5. The van der Waals surface area contributed by atoms with Gasteiger partial charge in [0.05, 0.1) is 19.9 Å². The molecule has 7 heteroatoms. The minimum Gasteiger partial charge on any atom is -0.497 e. The molecule has 0 atom stereocenters. The highest BCUT2D eigenvalue weighted by Gasteiger charge is 2.17. The Morgan fingerprint density at radius 3 is 2.34 bits per heavy atom. The largest absolute Gasteiger partial charge is 0.497 e. The Hall–Kier alpha value is -3.87. The molecule has 0 aliphatic carbocycles. The molecule has 2 aromatic carbocycles. The lowest BCUT2D eigenvalue weighted by Gasteiger charge is -2.14. The summed E-state index contributed by atoms with van der Waals surface area (Å²) in [6, 6.07) is 11.8. The van der Waals surface area contributed by atoms with Crippen molar-refractivity contribution in [2.24, 2.45) is 0 Å². The summed E-state index contributed by atoms with van der Waals surface area (Å²) in [5.41, 5.74) is 9.52. The summed E-state index contributed by atoms with van der Waals surface area (Å²) in [5, 5.41) is 7.90. The monoisotopic (exact) mass is 472 g/mol. The van der Waals surface area contributed by atoms with Gasteiger partial charge in [0, 0.05) is 41.2 Å². The predicted octanol–water partition coefficient (Wildman–Crippen LogP) is 5.53. The Labute approximate surface area is 206 Å². The lowest BCUT2D eigenvalue weighted by Crippen LogP contribution is -2.15. The Kier molecular flexibility index (Phi) is 6.78. The molecule has 0 saturated heterocycles. The van der Waals surface area contributed by atoms with Gasteiger partial charge < -0.3 is 14.8 Å². The first kappa shape index (κ1) is 24.3. The van der Waals surface area contributed by atoms with E-state index in [4.69, 9.17) is 19.6 Å². The van der Waals surface area contributed by atoms with Crippen LogP contribution in [0.25, 0.3) is 16.9 Å². The molecular weight excluding hydrogens is 440 g/mol. The van der Waals surface area contributed by atoms with E-state index in [1.54, 1.807) is 14.2 Å². The van der Waals surface area contributed by atoms with Crippen LogP contribution in [0.15, 0.2) is 36.4 Å². The van der Waals surface area contributed by atoms with Crippen molar-refractivity contribution in [3.8, 4) is 22.8 Å². The second-order valence-corrected chi connectivity index (χ2v) is 8.95. The van der Waals surface area contributed by atoms with Crippen molar-refractivity contribution in [1.82, 2.24) is 14.6 Å². The molecular formula is C28H32N4O3. The molecule has 0 saturated carbocycles. The van der Waals surface area contributed by atoms with Crippen LogP contribution in [-0.4, -0.2) is 34.7 Å². The maximum absolute atomic E-state index is 12.8. The summed E-state index contributed by atoms with van der Waals surface area (Å²) in [5.74, 6) is 1.39. The second kappa shape index (κ2) is 9.78. The first-order chi connectivity index (χ1) is 16.7. The molecule has 2 heterocycles. The number of carbonyl (C=O) groups is 1. The number of aromatic nitrogens is 3. The summed E-state index contributed by atoms with van der Waals surface area (Å²) in [7, 11) is 3.25. The highest BCUT2D eigenvalue weighted by molar-refractivity contribution is 5.92. The van der Waals surface area contributed by atoms with E-state index < -0.39 is 0 Å². The van der Waals surface area contributed by atoms with Crippen LogP contribution in [0, 0.1) is 34.6 Å². The third-order valence-corrected chi connectivity index (χ3v) is 6.39. The number of fused-ring (bicyclic) bond motifs is 1. The number of nitrogens with one attached hydrogen (secondary N) is 1. The molecule has 7 nitrogen and oxygen atoms in total. The van der Waals surface area contributed by atoms with Crippen LogP contribution in [0.1, 0.15) is 40.1 Å². The van der Waals surface area contributed by atoms with Crippen LogP contribution < -0.4 is 14.8 Å². The molecule has 4 rings (SSSR count). The topological polar surface area (TPSA) is 77.8 Å². The Bertz CT molecular complexity index is 1400. The van der Waals surface area contributed by atoms with Crippen LogP contribution in [0.5, 0.6) is 11.5 Å². The van der Waals surface area contributed by atoms with Gasteiger partial charge in [0.15, 0.2) is 5.65 Å². The fourth-order valence-corrected chi connectivity index (χ4v) is 4.65. The van der Waals surface area contributed by atoms with E-state index >= 15 is 0 Å². The normalized spacial score (nSPS) is 11.1. The highest BCUT2D eigenvalue weighted by Crippen LogP contribution is 2.33. The van der Waals surface area contributed by atoms with Crippen LogP contribution in [0.2, 0.25) is 0 Å². The molecule has 0 aliphatic heterocycles. The average Bonchev–Trinajstić information content (AvgIpc) is 3.24. The number of rotatable bonds is 7. The maximum Gasteiger partial charge on any atom is 0.224 e. The quantitative estimate of drug-likeness (QED) is 0.383. The molecule has 0 aliphatic rings. The molecule has 35 heavy (non-hydrogen) atoms. The number of amides is 1. The molecule has 0 spiro atoms. The van der Waals surface area contributed by atoms with Crippen molar-refractivity contribution in [3.05, 3.63) is 70.0 Å². The van der Waals surface area contributed by atoms with E-state index in [0.29, 0.717) is 18.6 Å². The average molecular weight is 473 g/mol. The third kappa shape index (κ3) is 4.85.